The molecule has 100 valence electrons. The molecule has 4 heteroatoms. The minimum absolute atomic E-state index is 0.661. The van der Waals surface area contributed by atoms with Crippen molar-refractivity contribution in [2.75, 3.05) is 0 Å². The van der Waals surface area contributed by atoms with Crippen molar-refractivity contribution in [1.29, 1.82) is 0 Å². The number of benzene rings is 1. The van der Waals surface area contributed by atoms with Crippen LogP contribution in [0.1, 0.15) is 24.3 Å². The Labute approximate surface area is 122 Å². The standard InChI is InChI=1S/C16H14ClN3/c1-20-9-11(8-18-20)16-7-13(10-2-3-10)14-6-12(17)4-5-15(14)19-16/h4-10H,2-3H2,1H3. The second kappa shape index (κ2) is 4.32. The van der Waals surface area contributed by atoms with Crippen molar-refractivity contribution in [3.8, 4) is 11.3 Å². The molecule has 0 atom stereocenters. The van der Waals surface area contributed by atoms with E-state index < -0.39 is 0 Å². The fourth-order valence-electron chi connectivity index (χ4n) is 2.66. The van der Waals surface area contributed by atoms with Crippen LogP contribution >= 0.6 is 11.6 Å². The molecule has 4 rings (SSSR count). The van der Waals surface area contributed by atoms with Gasteiger partial charge in [0.15, 0.2) is 0 Å². The van der Waals surface area contributed by atoms with E-state index in [1.54, 1.807) is 4.68 Å². The lowest BCUT2D eigenvalue weighted by Crippen LogP contribution is -1.91. The third-order valence-electron chi connectivity index (χ3n) is 3.82. The van der Waals surface area contributed by atoms with E-state index in [4.69, 9.17) is 16.6 Å². The maximum absolute atomic E-state index is 6.13. The molecule has 3 nitrogen and oxygen atoms in total. The molecule has 1 fully saturated rings. The van der Waals surface area contributed by atoms with Crippen LogP contribution in [0.5, 0.6) is 0 Å². The highest BCUT2D eigenvalue weighted by atomic mass is 35.5. The third kappa shape index (κ3) is 1.98. The fourth-order valence-corrected chi connectivity index (χ4v) is 2.83. The van der Waals surface area contributed by atoms with Gasteiger partial charge in [-0.15, -0.1) is 0 Å². The molecule has 1 aliphatic carbocycles. The molecule has 0 bridgehead atoms. The van der Waals surface area contributed by atoms with E-state index in [0.717, 1.165) is 21.8 Å². The molecule has 1 saturated carbocycles. The summed E-state index contributed by atoms with van der Waals surface area (Å²) in [5.74, 6) is 0.661. The van der Waals surface area contributed by atoms with E-state index in [1.165, 1.54) is 23.8 Å². The van der Waals surface area contributed by atoms with Gasteiger partial charge >= 0.3 is 0 Å². The van der Waals surface area contributed by atoms with Crippen molar-refractivity contribution in [2.45, 2.75) is 18.8 Å². The van der Waals surface area contributed by atoms with Crippen LogP contribution in [-0.4, -0.2) is 14.8 Å². The number of fused-ring (bicyclic) bond motifs is 1. The van der Waals surface area contributed by atoms with Gasteiger partial charge in [0.1, 0.15) is 0 Å². The first-order valence-corrected chi connectivity index (χ1v) is 7.18. The number of hydrogen-bond acceptors (Lipinski definition) is 2. The van der Waals surface area contributed by atoms with Gasteiger partial charge < -0.3 is 0 Å². The van der Waals surface area contributed by atoms with Gasteiger partial charge in [-0.05, 0) is 48.6 Å². The monoisotopic (exact) mass is 283 g/mol. The van der Waals surface area contributed by atoms with Gasteiger partial charge in [0.2, 0.25) is 0 Å². The van der Waals surface area contributed by atoms with Gasteiger partial charge in [0.05, 0.1) is 17.4 Å². The quantitative estimate of drug-likeness (QED) is 0.707. The molecule has 0 aliphatic heterocycles. The smallest absolute Gasteiger partial charge is 0.0744 e. The summed E-state index contributed by atoms with van der Waals surface area (Å²) in [5.41, 5.74) is 4.44. The number of hydrogen-bond donors (Lipinski definition) is 0. The van der Waals surface area contributed by atoms with Gasteiger partial charge in [-0.2, -0.15) is 5.10 Å². The van der Waals surface area contributed by atoms with Gasteiger partial charge in [0.25, 0.3) is 0 Å². The molecular weight excluding hydrogens is 270 g/mol. The SMILES string of the molecule is Cn1cc(-c2cc(C3CC3)c3cc(Cl)ccc3n2)cn1. The first-order chi connectivity index (χ1) is 9.70. The average molecular weight is 284 g/mol. The van der Waals surface area contributed by atoms with E-state index >= 15 is 0 Å². The summed E-state index contributed by atoms with van der Waals surface area (Å²) in [6, 6.07) is 8.14. The summed E-state index contributed by atoms with van der Waals surface area (Å²) in [6.07, 6.45) is 6.39. The summed E-state index contributed by atoms with van der Waals surface area (Å²) >= 11 is 6.13. The Balaban J connectivity index is 1.97. The zero-order chi connectivity index (χ0) is 13.7. The van der Waals surface area contributed by atoms with Gasteiger partial charge in [0, 0.05) is 29.2 Å². The molecule has 1 aromatic carbocycles. The highest BCUT2D eigenvalue weighted by Gasteiger charge is 2.26. The topological polar surface area (TPSA) is 30.7 Å². The van der Waals surface area contributed by atoms with Crippen molar-refractivity contribution in [3.05, 3.63) is 47.2 Å². The Morgan fingerprint density at radius 3 is 2.80 bits per heavy atom. The van der Waals surface area contributed by atoms with E-state index in [-0.39, 0.29) is 0 Å². The first kappa shape index (κ1) is 11.9. The largest absolute Gasteiger partial charge is 0.275 e. The second-order valence-electron chi connectivity index (χ2n) is 5.44. The summed E-state index contributed by atoms with van der Waals surface area (Å²) in [5, 5.41) is 6.19. The first-order valence-electron chi connectivity index (χ1n) is 6.80. The summed E-state index contributed by atoms with van der Waals surface area (Å²) in [7, 11) is 1.92. The molecule has 0 unspecified atom stereocenters. The summed E-state index contributed by atoms with van der Waals surface area (Å²) in [6.45, 7) is 0. The Morgan fingerprint density at radius 2 is 2.10 bits per heavy atom. The minimum Gasteiger partial charge on any atom is -0.275 e. The Kier molecular flexibility index (Phi) is 2.57. The molecule has 0 N–H and O–H groups in total. The fraction of sp³-hybridized carbons (Fsp3) is 0.250. The maximum atomic E-state index is 6.13. The highest BCUT2D eigenvalue weighted by molar-refractivity contribution is 6.31. The van der Waals surface area contributed by atoms with E-state index in [1.807, 2.05) is 37.6 Å². The molecule has 20 heavy (non-hydrogen) atoms. The number of aromatic nitrogens is 3. The molecule has 0 saturated heterocycles. The zero-order valence-electron chi connectivity index (χ0n) is 11.2. The van der Waals surface area contributed by atoms with Crippen LogP contribution in [0.25, 0.3) is 22.2 Å². The van der Waals surface area contributed by atoms with Crippen molar-refractivity contribution >= 4 is 22.5 Å². The lowest BCUT2D eigenvalue weighted by Gasteiger charge is -2.08. The van der Waals surface area contributed by atoms with Crippen LogP contribution in [0.3, 0.4) is 0 Å². The predicted octanol–water partition coefficient (Wildman–Crippen LogP) is 4.17. The zero-order valence-corrected chi connectivity index (χ0v) is 11.9. The maximum Gasteiger partial charge on any atom is 0.0744 e. The van der Waals surface area contributed by atoms with Crippen molar-refractivity contribution < 1.29 is 0 Å². The van der Waals surface area contributed by atoms with Crippen LogP contribution in [0.15, 0.2) is 36.7 Å². The molecule has 1 aliphatic rings. The van der Waals surface area contributed by atoms with Crippen LogP contribution in [0, 0.1) is 0 Å². The van der Waals surface area contributed by atoms with Gasteiger partial charge in [-0.1, -0.05) is 11.6 Å². The van der Waals surface area contributed by atoms with E-state index in [2.05, 4.69) is 11.2 Å². The van der Waals surface area contributed by atoms with Crippen LogP contribution in [0.4, 0.5) is 0 Å². The number of pyridine rings is 1. The molecular formula is C16H14ClN3. The predicted molar refractivity (Wildman–Crippen MR) is 80.9 cm³/mol. The van der Waals surface area contributed by atoms with Crippen molar-refractivity contribution in [3.63, 3.8) is 0 Å². The van der Waals surface area contributed by atoms with Gasteiger partial charge in [-0.25, -0.2) is 4.98 Å². The number of halogens is 1. The number of rotatable bonds is 2. The van der Waals surface area contributed by atoms with E-state index in [9.17, 15) is 0 Å². The second-order valence-corrected chi connectivity index (χ2v) is 5.87. The van der Waals surface area contributed by atoms with Crippen molar-refractivity contribution in [1.82, 2.24) is 14.8 Å². The number of nitrogens with zero attached hydrogens (tertiary/aromatic N) is 3. The molecule has 0 radical (unpaired) electrons. The van der Waals surface area contributed by atoms with Crippen molar-refractivity contribution in [2.24, 2.45) is 7.05 Å². The van der Waals surface area contributed by atoms with Gasteiger partial charge in [-0.3, -0.25) is 4.68 Å². The van der Waals surface area contributed by atoms with Crippen LogP contribution < -0.4 is 0 Å². The summed E-state index contributed by atoms with van der Waals surface area (Å²) in [4.78, 5) is 4.76. The summed E-state index contributed by atoms with van der Waals surface area (Å²) < 4.78 is 1.81. The lowest BCUT2D eigenvalue weighted by atomic mass is 10.0. The molecule has 2 aromatic heterocycles. The van der Waals surface area contributed by atoms with Crippen LogP contribution in [0.2, 0.25) is 5.02 Å². The van der Waals surface area contributed by atoms with Crippen LogP contribution in [-0.2, 0) is 7.05 Å². The molecule has 2 heterocycles. The van der Waals surface area contributed by atoms with E-state index in [0.29, 0.717) is 5.92 Å². The minimum atomic E-state index is 0.661. The average Bonchev–Trinajstić information content (AvgIpc) is 3.19. The Bertz CT molecular complexity index is 803. The highest BCUT2D eigenvalue weighted by Crippen LogP contribution is 2.44. The lowest BCUT2D eigenvalue weighted by molar-refractivity contribution is 0.768. The third-order valence-corrected chi connectivity index (χ3v) is 4.06. The number of aryl methyl sites for hydroxylation is 1. The Morgan fingerprint density at radius 1 is 1.25 bits per heavy atom. The molecule has 3 aromatic rings. The Hall–Kier alpha value is -1.87. The molecule has 0 spiro atoms. The molecule has 0 amide bonds. The normalized spacial score (nSPS) is 14.9.